The van der Waals surface area contributed by atoms with Crippen LogP contribution in [-0.4, -0.2) is 57.8 Å². The Bertz CT molecular complexity index is 1040. The topological polar surface area (TPSA) is 79.0 Å². The van der Waals surface area contributed by atoms with Gasteiger partial charge in [-0.3, -0.25) is 14.0 Å². The van der Waals surface area contributed by atoms with Gasteiger partial charge in [0.25, 0.3) is 0 Å². The van der Waals surface area contributed by atoms with E-state index in [-0.39, 0.29) is 12.2 Å². The number of ether oxygens (including phenoxy) is 1. The number of carbonyl (C=O) groups excluding carboxylic acids is 1. The van der Waals surface area contributed by atoms with E-state index in [0.717, 1.165) is 72.7 Å². The Morgan fingerprint density at radius 1 is 1.09 bits per heavy atom. The highest BCUT2D eigenvalue weighted by Gasteiger charge is 2.29. The highest BCUT2D eigenvalue weighted by molar-refractivity contribution is 7.92. The molecular formula is C22H27F2N3O4S. The number of amides is 1. The van der Waals surface area contributed by atoms with Crippen molar-refractivity contribution < 1.29 is 26.7 Å². The molecule has 1 aliphatic rings. The molecule has 32 heavy (non-hydrogen) atoms. The third kappa shape index (κ3) is 6.24. The second-order valence-corrected chi connectivity index (χ2v) is 9.62. The Kier molecular flexibility index (Phi) is 7.81. The molecule has 0 spiro atoms. The third-order valence-corrected chi connectivity index (χ3v) is 6.49. The fourth-order valence-corrected chi connectivity index (χ4v) is 4.71. The lowest BCUT2D eigenvalue weighted by Gasteiger charge is -2.28. The Labute approximate surface area is 187 Å². The molecule has 0 aliphatic carbocycles. The number of hydrogen-bond acceptors (Lipinski definition) is 5. The average Bonchev–Trinajstić information content (AvgIpc) is 2.75. The highest BCUT2D eigenvalue weighted by Crippen LogP contribution is 2.23. The van der Waals surface area contributed by atoms with Crippen LogP contribution in [0.5, 0.6) is 0 Å². The predicted molar refractivity (Wildman–Crippen MR) is 118 cm³/mol. The number of rotatable bonds is 8. The standard InChI is InChI=1S/C22H27F2N3O4S/c1-16(27(32(2,29)30)19-7-8-20(23)21(24)13-19)22(28)25-14-17-3-5-18(6-4-17)15-26-9-11-31-12-10-26/h3-8,13,16H,9-12,14-15H2,1-2H3,(H,25,28)/t16-/m1/s1. The molecule has 7 nitrogen and oxygen atoms in total. The average molecular weight is 468 g/mol. The summed E-state index contributed by atoms with van der Waals surface area (Å²) >= 11 is 0. The molecule has 1 heterocycles. The SMILES string of the molecule is C[C@H](C(=O)NCc1ccc(CN2CCOCC2)cc1)N(c1ccc(F)c(F)c1)S(C)(=O)=O. The molecule has 0 bridgehead atoms. The first kappa shape index (κ1) is 24.1. The molecule has 1 amide bonds. The second kappa shape index (κ2) is 10.4. The maximum atomic E-state index is 13.6. The molecule has 0 aromatic heterocycles. The van der Waals surface area contributed by atoms with Crippen molar-refractivity contribution in [3.8, 4) is 0 Å². The Morgan fingerprint density at radius 3 is 2.31 bits per heavy atom. The summed E-state index contributed by atoms with van der Waals surface area (Å²) in [7, 11) is -3.92. The third-order valence-electron chi connectivity index (χ3n) is 5.25. The van der Waals surface area contributed by atoms with Gasteiger partial charge in [-0.25, -0.2) is 17.2 Å². The number of benzene rings is 2. The van der Waals surface area contributed by atoms with Gasteiger partial charge in [-0.15, -0.1) is 0 Å². The number of hydrogen-bond donors (Lipinski definition) is 1. The van der Waals surface area contributed by atoms with Crippen molar-refractivity contribution in [1.82, 2.24) is 10.2 Å². The zero-order chi connectivity index (χ0) is 23.3. The molecule has 0 radical (unpaired) electrons. The molecule has 174 valence electrons. The summed E-state index contributed by atoms with van der Waals surface area (Å²) in [4.78, 5) is 15.0. The van der Waals surface area contributed by atoms with Gasteiger partial charge in [-0.2, -0.15) is 0 Å². The molecule has 10 heteroatoms. The van der Waals surface area contributed by atoms with Gasteiger partial charge in [0.1, 0.15) is 6.04 Å². The normalized spacial score (nSPS) is 15.9. The lowest BCUT2D eigenvalue weighted by Crippen LogP contribution is -2.47. The van der Waals surface area contributed by atoms with E-state index in [1.165, 1.54) is 6.92 Å². The van der Waals surface area contributed by atoms with E-state index in [9.17, 15) is 22.0 Å². The lowest BCUT2D eigenvalue weighted by molar-refractivity contribution is -0.122. The van der Waals surface area contributed by atoms with Crippen LogP contribution in [0.15, 0.2) is 42.5 Å². The van der Waals surface area contributed by atoms with Crippen molar-refractivity contribution in [2.24, 2.45) is 0 Å². The van der Waals surface area contributed by atoms with Crippen LogP contribution in [0.2, 0.25) is 0 Å². The summed E-state index contributed by atoms with van der Waals surface area (Å²) in [6.07, 6.45) is 0.908. The van der Waals surface area contributed by atoms with Crippen LogP contribution in [0, 0.1) is 11.6 Å². The van der Waals surface area contributed by atoms with Crippen LogP contribution in [0.4, 0.5) is 14.5 Å². The van der Waals surface area contributed by atoms with Gasteiger partial charge in [0.2, 0.25) is 15.9 Å². The molecular weight excluding hydrogens is 440 g/mol. The molecule has 0 unspecified atom stereocenters. The Hall–Kier alpha value is -2.56. The maximum Gasteiger partial charge on any atom is 0.243 e. The van der Waals surface area contributed by atoms with Crippen molar-refractivity contribution in [2.75, 3.05) is 36.9 Å². The molecule has 3 rings (SSSR count). The molecule has 1 aliphatic heterocycles. The van der Waals surface area contributed by atoms with E-state index < -0.39 is 33.6 Å². The second-order valence-electron chi connectivity index (χ2n) is 7.76. The number of anilines is 1. The van der Waals surface area contributed by atoms with Gasteiger partial charge >= 0.3 is 0 Å². The minimum atomic E-state index is -3.92. The fraction of sp³-hybridized carbons (Fsp3) is 0.409. The van der Waals surface area contributed by atoms with Gasteiger partial charge in [-0.05, 0) is 30.2 Å². The Balaban J connectivity index is 1.62. The summed E-state index contributed by atoms with van der Waals surface area (Å²) in [5.74, 6) is -2.85. The number of carbonyl (C=O) groups is 1. The van der Waals surface area contributed by atoms with Crippen molar-refractivity contribution in [3.05, 3.63) is 65.2 Å². The zero-order valence-corrected chi connectivity index (χ0v) is 18.9. The van der Waals surface area contributed by atoms with Crippen LogP contribution in [-0.2, 0) is 32.6 Å². The van der Waals surface area contributed by atoms with Gasteiger partial charge in [0.05, 0.1) is 25.2 Å². The highest BCUT2D eigenvalue weighted by atomic mass is 32.2. The summed E-state index contributed by atoms with van der Waals surface area (Å²) in [5, 5.41) is 2.71. The van der Waals surface area contributed by atoms with Crippen LogP contribution in [0.25, 0.3) is 0 Å². The van der Waals surface area contributed by atoms with E-state index >= 15 is 0 Å². The predicted octanol–water partition coefficient (Wildman–Crippen LogP) is 2.27. The Morgan fingerprint density at radius 2 is 1.72 bits per heavy atom. The van der Waals surface area contributed by atoms with Crippen molar-refractivity contribution in [3.63, 3.8) is 0 Å². The van der Waals surface area contributed by atoms with Gasteiger partial charge < -0.3 is 10.1 Å². The van der Waals surface area contributed by atoms with E-state index in [1.807, 2.05) is 24.3 Å². The summed E-state index contributed by atoms with van der Waals surface area (Å²) in [6, 6.07) is 9.34. The molecule has 1 saturated heterocycles. The van der Waals surface area contributed by atoms with Gasteiger partial charge in [0.15, 0.2) is 11.6 Å². The molecule has 1 N–H and O–H groups in total. The number of nitrogens with zero attached hydrogens (tertiary/aromatic N) is 2. The number of morpholine rings is 1. The van der Waals surface area contributed by atoms with Gasteiger partial charge in [-0.1, -0.05) is 24.3 Å². The lowest BCUT2D eigenvalue weighted by atomic mass is 10.1. The summed E-state index contributed by atoms with van der Waals surface area (Å²) in [6.45, 7) is 5.67. The number of halogens is 2. The molecule has 2 aromatic rings. The van der Waals surface area contributed by atoms with Crippen molar-refractivity contribution in [2.45, 2.75) is 26.1 Å². The largest absolute Gasteiger partial charge is 0.379 e. The maximum absolute atomic E-state index is 13.6. The van der Waals surface area contributed by atoms with E-state index in [0.29, 0.717) is 0 Å². The zero-order valence-electron chi connectivity index (χ0n) is 18.1. The number of sulfonamides is 1. The van der Waals surface area contributed by atoms with E-state index in [2.05, 4.69) is 10.2 Å². The minimum absolute atomic E-state index is 0.124. The molecule has 2 aromatic carbocycles. The number of nitrogens with one attached hydrogen (secondary N) is 1. The van der Waals surface area contributed by atoms with Crippen molar-refractivity contribution in [1.29, 1.82) is 0 Å². The van der Waals surface area contributed by atoms with Crippen LogP contribution >= 0.6 is 0 Å². The van der Waals surface area contributed by atoms with Gasteiger partial charge in [0, 0.05) is 32.2 Å². The summed E-state index contributed by atoms with van der Waals surface area (Å²) < 4.78 is 57.5. The molecule has 1 atom stereocenters. The minimum Gasteiger partial charge on any atom is -0.379 e. The molecule has 1 fully saturated rings. The van der Waals surface area contributed by atoms with Crippen LogP contribution < -0.4 is 9.62 Å². The van der Waals surface area contributed by atoms with Crippen LogP contribution in [0.1, 0.15) is 18.1 Å². The monoisotopic (exact) mass is 467 g/mol. The first-order chi connectivity index (χ1) is 15.1. The fourth-order valence-electron chi connectivity index (χ4n) is 3.55. The summed E-state index contributed by atoms with van der Waals surface area (Å²) in [5.41, 5.74) is 1.88. The van der Waals surface area contributed by atoms with E-state index in [1.54, 1.807) is 0 Å². The quantitative estimate of drug-likeness (QED) is 0.645. The van der Waals surface area contributed by atoms with Crippen LogP contribution in [0.3, 0.4) is 0 Å². The van der Waals surface area contributed by atoms with Crippen molar-refractivity contribution >= 4 is 21.6 Å². The first-order valence-corrected chi connectivity index (χ1v) is 12.1. The first-order valence-electron chi connectivity index (χ1n) is 10.3. The van der Waals surface area contributed by atoms with E-state index in [4.69, 9.17) is 4.74 Å². The molecule has 0 saturated carbocycles. The smallest absolute Gasteiger partial charge is 0.243 e.